The second-order valence-electron chi connectivity index (χ2n) is 4.65. The molecule has 1 saturated heterocycles. The third kappa shape index (κ3) is 6.05. The Hall–Kier alpha value is -1.84. The number of carbonyl (C=O) groups is 2. The molecule has 2 rings (SSSR count). The van der Waals surface area contributed by atoms with Crippen LogP contribution in [0.15, 0.2) is 18.5 Å². The van der Waals surface area contributed by atoms with E-state index in [1.165, 1.54) is 4.90 Å². The molecule has 0 aromatic carbocycles. The Balaban J connectivity index is 0.000000322. The van der Waals surface area contributed by atoms with Gasteiger partial charge >= 0.3 is 12.1 Å². The molecule has 2 heterocycles. The summed E-state index contributed by atoms with van der Waals surface area (Å²) in [4.78, 5) is 21.7. The number of alkyl halides is 5. The molecule has 6 nitrogen and oxygen atoms in total. The Bertz CT molecular complexity index is 514. The van der Waals surface area contributed by atoms with Crippen molar-refractivity contribution in [3.63, 3.8) is 0 Å². The van der Waals surface area contributed by atoms with Gasteiger partial charge in [-0.25, -0.2) is 9.18 Å². The summed E-state index contributed by atoms with van der Waals surface area (Å²) >= 11 is 5.12. The Morgan fingerprint density at radius 3 is 2.17 bits per heavy atom. The van der Waals surface area contributed by atoms with E-state index < -0.39 is 23.7 Å². The predicted molar refractivity (Wildman–Crippen MR) is 71.5 cm³/mol. The fourth-order valence-corrected chi connectivity index (χ4v) is 2.12. The Morgan fingerprint density at radius 1 is 1.30 bits per heavy atom. The molecule has 130 valence electrons. The summed E-state index contributed by atoms with van der Waals surface area (Å²) in [5.74, 6) is -3.38. The van der Waals surface area contributed by atoms with Crippen molar-refractivity contribution in [2.24, 2.45) is 0 Å². The number of hydrogen-bond acceptors (Lipinski definition) is 3. The predicted octanol–water partition coefficient (Wildman–Crippen LogP) is 2.21. The molecule has 1 aromatic heterocycles. The number of aliphatic carboxylic acids is 1. The van der Waals surface area contributed by atoms with Crippen molar-refractivity contribution in [1.82, 2.24) is 14.7 Å². The highest BCUT2D eigenvalue weighted by Crippen LogP contribution is 2.22. The van der Waals surface area contributed by atoms with Crippen LogP contribution >= 0.6 is 11.6 Å². The van der Waals surface area contributed by atoms with Gasteiger partial charge in [0.05, 0.1) is 6.04 Å². The molecule has 1 N–H and O–H groups in total. The number of amides is 1. The first-order valence-corrected chi connectivity index (χ1v) is 6.92. The van der Waals surface area contributed by atoms with Gasteiger partial charge in [-0.1, -0.05) is 11.6 Å². The van der Waals surface area contributed by atoms with Gasteiger partial charge in [0, 0.05) is 25.5 Å². The largest absolute Gasteiger partial charge is 0.490 e. The maximum Gasteiger partial charge on any atom is 0.490 e. The minimum Gasteiger partial charge on any atom is -0.475 e. The number of hydrogen-bond donors (Lipinski definition) is 1. The molecule has 0 spiro atoms. The van der Waals surface area contributed by atoms with Crippen LogP contribution in [0.5, 0.6) is 0 Å². The van der Waals surface area contributed by atoms with Crippen LogP contribution in [-0.4, -0.2) is 56.6 Å². The molecule has 1 amide bonds. The third-order valence-corrected chi connectivity index (χ3v) is 3.29. The monoisotopic (exact) mass is 359 g/mol. The Labute approximate surface area is 133 Å². The van der Waals surface area contributed by atoms with E-state index in [-0.39, 0.29) is 0 Å². The molecule has 0 radical (unpaired) electrons. The first kappa shape index (κ1) is 19.2. The van der Waals surface area contributed by atoms with Crippen LogP contribution in [0.1, 0.15) is 18.9 Å². The number of carbonyl (C=O) groups excluding carboxylic acids is 1. The highest BCUT2D eigenvalue weighted by molar-refractivity contribution is 6.29. The highest BCUT2D eigenvalue weighted by Gasteiger charge is 2.38. The van der Waals surface area contributed by atoms with Crippen molar-refractivity contribution in [3.8, 4) is 0 Å². The van der Waals surface area contributed by atoms with Crippen LogP contribution < -0.4 is 0 Å². The molecule has 11 heteroatoms. The lowest BCUT2D eigenvalue weighted by Crippen LogP contribution is -2.41. The second-order valence-corrected chi connectivity index (χ2v) is 5.03. The van der Waals surface area contributed by atoms with Crippen molar-refractivity contribution < 1.29 is 32.3 Å². The molecule has 23 heavy (non-hydrogen) atoms. The van der Waals surface area contributed by atoms with Crippen LogP contribution in [0, 0.1) is 0 Å². The van der Waals surface area contributed by atoms with E-state index in [1.807, 2.05) is 16.9 Å². The average molecular weight is 360 g/mol. The van der Waals surface area contributed by atoms with Crippen molar-refractivity contribution in [2.75, 3.05) is 13.1 Å². The molecule has 1 aliphatic heterocycles. The topological polar surface area (TPSA) is 75.4 Å². The second kappa shape index (κ2) is 8.14. The van der Waals surface area contributed by atoms with Crippen LogP contribution in [0.3, 0.4) is 0 Å². The summed E-state index contributed by atoms with van der Waals surface area (Å²) in [5, 5.41) is 11.3. The van der Waals surface area contributed by atoms with Gasteiger partial charge in [-0.2, -0.15) is 18.3 Å². The summed E-state index contributed by atoms with van der Waals surface area (Å²) in [6.45, 7) is 1.08. The molecule has 1 fully saturated rings. The zero-order valence-corrected chi connectivity index (χ0v) is 12.5. The minimum absolute atomic E-state index is 0.299. The number of halogens is 5. The molecule has 0 saturated carbocycles. The third-order valence-electron chi connectivity index (χ3n) is 3.10. The summed E-state index contributed by atoms with van der Waals surface area (Å²) in [5.41, 5.74) is -1.92. The van der Waals surface area contributed by atoms with Crippen LogP contribution in [0.25, 0.3) is 0 Å². The zero-order valence-electron chi connectivity index (χ0n) is 11.7. The van der Waals surface area contributed by atoms with Gasteiger partial charge in [0.2, 0.25) is 0 Å². The summed E-state index contributed by atoms with van der Waals surface area (Å²) < 4.78 is 46.2. The van der Waals surface area contributed by atoms with E-state index in [4.69, 9.17) is 21.5 Å². The first-order valence-electron chi connectivity index (χ1n) is 6.49. The van der Waals surface area contributed by atoms with Crippen molar-refractivity contribution in [1.29, 1.82) is 0 Å². The van der Waals surface area contributed by atoms with Gasteiger partial charge < -0.3 is 10.0 Å². The van der Waals surface area contributed by atoms with Crippen LogP contribution in [0.4, 0.5) is 17.6 Å². The fourth-order valence-electron chi connectivity index (χ4n) is 1.99. The van der Waals surface area contributed by atoms with E-state index in [2.05, 4.69) is 5.10 Å². The maximum atomic E-state index is 12.6. The summed E-state index contributed by atoms with van der Waals surface area (Å²) in [6.07, 6.45) is 0.129. The van der Waals surface area contributed by atoms with Crippen molar-refractivity contribution in [2.45, 2.75) is 30.7 Å². The van der Waals surface area contributed by atoms with Gasteiger partial charge in [0.1, 0.15) is 0 Å². The minimum atomic E-state index is -5.08. The molecule has 1 atom stereocenters. The van der Waals surface area contributed by atoms with Crippen LogP contribution in [-0.2, 0) is 9.59 Å². The van der Waals surface area contributed by atoms with Gasteiger partial charge in [-0.3, -0.25) is 9.48 Å². The molecule has 1 unspecified atom stereocenters. The van der Waals surface area contributed by atoms with E-state index in [0.717, 1.165) is 12.8 Å². The molecular formula is C12H14ClF4N3O3. The number of carboxylic acid groups (broad SMARTS) is 1. The van der Waals surface area contributed by atoms with Crippen molar-refractivity contribution in [3.05, 3.63) is 18.5 Å². The van der Waals surface area contributed by atoms with E-state index >= 15 is 0 Å². The molecule has 1 aromatic rings. The zero-order chi connectivity index (χ0) is 17.6. The van der Waals surface area contributed by atoms with E-state index in [0.29, 0.717) is 19.1 Å². The maximum absolute atomic E-state index is 12.6. The molecule has 1 aliphatic rings. The smallest absolute Gasteiger partial charge is 0.475 e. The lowest BCUT2D eigenvalue weighted by Gasteiger charge is -2.32. The van der Waals surface area contributed by atoms with Gasteiger partial charge in [0.15, 0.2) is 0 Å². The van der Waals surface area contributed by atoms with Gasteiger partial charge in [0.25, 0.3) is 11.5 Å². The number of piperidine rings is 1. The lowest BCUT2D eigenvalue weighted by molar-refractivity contribution is -0.192. The summed E-state index contributed by atoms with van der Waals surface area (Å²) in [7, 11) is 0. The number of aromatic nitrogens is 2. The highest BCUT2D eigenvalue weighted by atomic mass is 35.5. The number of likely N-dealkylation sites (tertiary alicyclic amines) is 1. The van der Waals surface area contributed by atoms with E-state index in [1.54, 1.807) is 6.20 Å². The fraction of sp³-hybridized carbons (Fsp3) is 0.583. The SMILES string of the molecule is O=C(C(F)Cl)N1CCC(n2cccn2)CC1.O=C(O)C(F)(F)F. The molecule has 0 bridgehead atoms. The standard InChI is InChI=1S/C10H13ClFN3O.C2HF3O2/c11-9(12)10(16)14-6-2-8(3-7-14)15-5-1-4-13-15;3-2(4,5)1(6)7/h1,4-5,8-9H,2-3,6-7H2;(H,6,7). The number of nitrogens with zero attached hydrogens (tertiary/aromatic N) is 3. The van der Waals surface area contributed by atoms with Crippen molar-refractivity contribution >= 4 is 23.5 Å². The first-order chi connectivity index (χ1) is 10.6. The normalized spacial score (nSPS) is 17.2. The Morgan fingerprint density at radius 2 is 1.83 bits per heavy atom. The van der Waals surface area contributed by atoms with Crippen LogP contribution in [0.2, 0.25) is 0 Å². The molecule has 0 aliphatic carbocycles. The quantitative estimate of drug-likeness (QED) is 0.649. The van der Waals surface area contributed by atoms with Gasteiger partial charge in [-0.05, 0) is 18.9 Å². The molecular weight excluding hydrogens is 346 g/mol. The Kier molecular flexibility index (Phi) is 6.79. The lowest BCUT2D eigenvalue weighted by atomic mass is 10.1. The average Bonchev–Trinajstić information content (AvgIpc) is 3.00. The summed E-state index contributed by atoms with van der Waals surface area (Å²) in [6, 6.07) is 2.17. The van der Waals surface area contributed by atoms with Gasteiger partial charge in [-0.15, -0.1) is 0 Å². The number of rotatable bonds is 2. The van der Waals surface area contributed by atoms with E-state index in [9.17, 15) is 22.4 Å². The number of carboxylic acids is 1.